The van der Waals surface area contributed by atoms with E-state index >= 15 is 0 Å². The van der Waals surface area contributed by atoms with Crippen LogP contribution in [0, 0.1) is 5.92 Å². The Balaban J connectivity index is 1.19. The third-order valence-electron chi connectivity index (χ3n) is 5.31. The largest absolute Gasteiger partial charge is 0.493 e. The number of H-pyrrole nitrogens is 1. The molecule has 1 aliphatic heterocycles. The zero-order chi connectivity index (χ0) is 21.6. The summed E-state index contributed by atoms with van der Waals surface area (Å²) >= 11 is 12.0. The summed E-state index contributed by atoms with van der Waals surface area (Å²) in [4.78, 5) is 21.2. The molecule has 1 N–H and O–H groups in total. The van der Waals surface area contributed by atoms with E-state index in [1.807, 2.05) is 24.3 Å². The Bertz CT molecular complexity index is 981. The average molecular weight is 460 g/mol. The second-order valence-electron chi connectivity index (χ2n) is 7.56. The predicted octanol–water partition coefficient (Wildman–Crippen LogP) is 5.81. The molecule has 1 aliphatic rings. The Labute approximate surface area is 191 Å². The van der Waals surface area contributed by atoms with Crippen LogP contribution in [-0.4, -0.2) is 40.7 Å². The lowest BCUT2D eigenvalue weighted by Gasteiger charge is -2.31. The molecule has 1 aromatic heterocycles. The zero-order valence-electron chi connectivity index (χ0n) is 16.9. The second-order valence-corrected chi connectivity index (χ2v) is 8.44. The molecule has 0 radical (unpaired) electrons. The maximum Gasteiger partial charge on any atom is 0.410 e. The van der Waals surface area contributed by atoms with Gasteiger partial charge >= 0.3 is 6.09 Å². The molecular weight excluding hydrogens is 437 g/mol. The number of aromatic amines is 1. The van der Waals surface area contributed by atoms with Crippen molar-refractivity contribution in [2.75, 3.05) is 19.7 Å². The molecule has 0 saturated carbocycles. The van der Waals surface area contributed by atoms with Crippen LogP contribution >= 0.6 is 23.2 Å². The third kappa shape index (κ3) is 5.93. The number of imidazole rings is 1. The molecule has 0 spiro atoms. The number of amides is 1. The predicted molar refractivity (Wildman–Crippen MR) is 120 cm³/mol. The molecule has 2 aromatic carbocycles. The third-order valence-corrected chi connectivity index (χ3v) is 5.74. The Morgan fingerprint density at radius 3 is 2.45 bits per heavy atom. The van der Waals surface area contributed by atoms with Gasteiger partial charge in [-0.3, -0.25) is 0 Å². The number of hydrogen-bond donors (Lipinski definition) is 1. The molecule has 4 rings (SSSR count). The van der Waals surface area contributed by atoms with Crippen LogP contribution in [0.25, 0.3) is 11.3 Å². The normalized spacial score (nSPS) is 14.5. The van der Waals surface area contributed by atoms with Gasteiger partial charge in [0.1, 0.15) is 12.4 Å². The first-order chi connectivity index (χ1) is 15.1. The van der Waals surface area contributed by atoms with Crippen LogP contribution in [0.1, 0.15) is 18.4 Å². The van der Waals surface area contributed by atoms with Crippen molar-refractivity contribution in [1.82, 2.24) is 14.9 Å². The summed E-state index contributed by atoms with van der Waals surface area (Å²) < 4.78 is 11.4. The fraction of sp³-hybridized carbons (Fsp3) is 0.304. The Kier molecular flexibility index (Phi) is 6.99. The van der Waals surface area contributed by atoms with Gasteiger partial charge in [0, 0.05) is 23.1 Å². The molecule has 3 aromatic rings. The molecule has 6 nitrogen and oxygen atoms in total. The molecule has 1 saturated heterocycles. The summed E-state index contributed by atoms with van der Waals surface area (Å²) in [6.45, 7) is 2.09. The molecule has 162 valence electrons. The number of piperidine rings is 1. The maximum atomic E-state index is 12.4. The first-order valence-electron chi connectivity index (χ1n) is 10.1. The number of nitrogens with one attached hydrogen (secondary N) is 1. The summed E-state index contributed by atoms with van der Waals surface area (Å²) in [6, 6.07) is 13.1. The monoisotopic (exact) mass is 459 g/mol. The van der Waals surface area contributed by atoms with Crippen LogP contribution in [0.3, 0.4) is 0 Å². The lowest BCUT2D eigenvalue weighted by molar-refractivity contribution is 0.0761. The molecule has 0 aliphatic carbocycles. The highest BCUT2D eigenvalue weighted by molar-refractivity contribution is 6.34. The van der Waals surface area contributed by atoms with Gasteiger partial charge in [-0.05, 0) is 72.4 Å². The van der Waals surface area contributed by atoms with Crippen LogP contribution in [0.15, 0.2) is 55.0 Å². The van der Waals surface area contributed by atoms with Crippen LogP contribution in [0.2, 0.25) is 10.0 Å². The van der Waals surface area contributed by atoms with Crippen LogP contribution < -0.4 is 4.74 Å². The van der Waals surface area contributed by atoms with E-state index in [2.05, 4.69) is 9.97 Å². The minimum Gasteiger partial charge on any atom is -0.493 e. The molecule has 1 amide bonds. The van der Waals surface area contributed by atoms with Crippen molar-refractivity contribution in [3.05, 3.63) is 70.6 Å². The van der Waals surface area contributed by atoms with Crippen molar-refractivity contribution in [2.24, 2.45) is 5.92 Å². The number of nitrogens with zero attached hydrogens (tertiary/aromatic N) is 2. The topological polar surface area (TPSA) is 67.4 Å². The fourth-order valence-corrected chi connectivity index (χ4v) is 4.14. The van der Waals surface area contributed by atoms with Crippen molar-refractivity contribution in [3.8, 4) is 17.0 Å². The first-order valence-corrected chi connectivity index (χ1v) is 10.9. The second kappa shape index (κ2) is 10.1. The highest BCUT2D eigenvalue weighted by Crippen LogP contribution is 2.24. The quantitative estimate of drug-likeness (QED) is 0.504. The number of carbonyl (C=O) groups is 1. The average Bonchev–Trinajstić information content (AvgIpc) is 3.31. The van der Waals surface area contributed by atoms with E-state index in [9.17, 15) is 4.79 Å². The van der Waals surface area contributed by atoms with Crippen molar-refractivity contribution in [3.63, 3.8) is 0 Å². The van der Waals surface area contributed by atoms with Crippen molar-refractivity contribution < 1.29 is 14.3 Å². The van der Waals surface area contributed by atoms with E-state index in [0.29, 0.717) is 35.7 Å². The van der Waals surface area contributed by atoms with Crippen molar-refractivity contribution in [1.29, 1.82) is 0 Å². The van der Waals surface area contributed by atoms with E-state index < -0.39 is 0 Å². The van der Waals surface area contributed by atoms with Gasteiger partial charge < -0.3 is 19.4 Å². The van der Waals surface area contributed by atoms with Crippen molar-refractivity contribution >= 4 is 29.3 Å². The SMILES string of the molecule is O=C(OCc1cc(Cl)cc(Cl)c1)N1CCC(COc2ccc(-c3cnc[nH]3)cc2)CC1. The molecule has 31 heavy (non-hydrogen) atoms. The molecule has 8 heteroatoms. The number of likely N-dealkylation sites (tertiary alicyclic amines) is 1. The van der Waals surface area contributed by atoms with Gasteiger partial charge in [-0.25, -0.2) is 9.78 Å². The summed E-state index contributed by atoms with van der Waals surface area (Å²) in [5.74, 6) is 1.24. The number of hydrogen-bond acceptors (Lipinski definition) is 4. The zero-order valence-corrected chi connectivity index (χ0v) is 18.4. The summed E-state index contributed by atoms with van der Waals surface area (Å²) in [6.07, 6.45) is 4.90. The Hall–Kier alpha value is -2.70. The van der Waals surface area contributed by atoms with Crippen LogP contribution in [-0.2, 0) is 11.3 Å². The number of benzene rings is 2. The fourth-order valence-electron chi connectivity index (χ4n) is 3.57. The standard InChI is InChI=1S/C23H23Cl2N3O3/c24-19-9-17(10-20(25)11-19)14-31-23(29)28-7-5-16(6-8-28)13-30-21-3-1-18(2-4-21)22-12-26-15-27-22/h1-4,9-12,15-16H,5-8,13-14H2,(H,26,27). The summed E-state index contributed by atoms with van der Waals surface area (Å²) in [5.41, 5.74) is 2.81. The maximum absolute atomic E-state index is 12.4. The molecule has 1 fully saturated rings. The molecule has 0 unspecified atom stereocenters. The summed E-state index contributed by atoms with van der Waals surface area (Å²) in [5, 5.41) is 1.05. The first kappa shape index (κ1) is 21.5. The van der Waals surface area contributed by atoms with Gasteiger partial charge in [0.15, 0.2) is 0 Å². The van der Waals surface area contributed by atoms with E-state index in [1.165, 1.54) is 0 Å². The van der Waals surface area contributed by atoms with Crippen LogP contribution in [0.4, 0.5) is 4.79 Å². The molecule has 0 atom stereocenters. The Morgan fingerprint density at radius 2 is 1.81 bits per heavy atom. The minimum absolute atomic E-state index is 0.150. The van der Waals surface area contributed by atoms with E-state index in [0.717, 1.165) is 35.4 Å². The van der Waals surface area contributed by atoms with Gasteiger partial charge in [0.2, 0.25) is 0 Å². The summed E-state index contributed by atoms with van der Waals surface area (Å²) in [7, 11) is 0. The highest BCUT2D eigenvalue weighted by Gasteiger charge is 2.24. The van der Waals surface area contributed by atoms with Gasteiger partial charge in [-0.15, -0.1) is 0 Å². The van der Waals surface area contributed by atoms with E-state index in [-0.39, 0.29) is 12.7 Å². The van der Waals surface area contributed by atoms with Crippen LogP contribution in [0.5, 0.6) is 5.75 Å². The number of carbonyl (C=O) groups excluding carboxylic acids is 1. The number of aromatic nitrogens is 2. The van der Waals surface area contributed by atoms with Gasteiger partial charge in [-0.1, -0.05) is 23.2 Å². The number of ether oxygens (including phenoxy) is 2. The van der Waals surface area contributed by atoms with E-state index in [1.54, 1.807) is 35.6 Å². The lowest BCUT2D eigenvalue weighted by Crippen LogP contribution is -2.39. The van der Waals surface area contributed by atoms with E-state index in [4.69, 9.17) is 32.7 Å². The molecule has 2 heterocycles. The number of rotatable bonds is 6. The lowest BCUT2D eigenvalue weighted by atomic mass is 9.98. The smallest absolute Gasteiger partial charge is 0.410 e. The molecular formula is C23H23Cl2N3O3. The molecule has 0 bridgehead atoms. The highest BCUT2D eigenvalue weighted by atomic mass is 35.5. The minimum atomic E-state index is -0.315. The van der Waals surface area contributed by atoms with Gasteiger partial charge in [0.25, 0.3) is 0 Å². The van der Waals surface area contributed by atoms with Gasteiger partial charge in [-0.2, -0.15) is 0 Å². The van der Waals surface area contributed by atoms with Crippen molar-refractivity contribution in [2.45, 2.75) is 19.4 Å². The van der Waals surface area contributed by atoms with Gasteiger partial charge in [0.05, 0.1) is 24.8 Å². The Morgan fingerprint density at radius 1 is 1.10 bits per heavy atom. The number of halogens is 2.